The molecular formula is C17H20NO5+. The monoisotopic (exact) mass is 318 g/mol. The maximum Gasteiger partial charge on any atom is 0.413 e. The number of ketones is 1. The summed E-state index contributed by atoms with van der Waals surface area (Å²) < 4.78 is 10.1. The van der Waals surface area contributed by atoms with Crippen LogP contribution < -0.4 is 0 Å². The molecule has 1 unspecified atom stereocenters. The SMILES string of the molecule is CCOC(=O)C1C[CH+]CN(C(=O)OCc2ccccc2)CC1=O. The molecule has 0 bridgehead atoms. The Balaban J connectivity index is 1.89. The predicted octanol–water partition coefficient (Wildman–Crippen LogP) is 1.98. The molecule has 1 aromatic carbocycles. The molecule has 1 heterocycles. The highest BCUT2D eigenvalue weighted by Crippen LogP contribution is 2.16. The van der Waals surface area contributed by atoms with Gasteiger partial charge < -0.3 is 9.47 Å². The Hall–Kier alpha value is -2.50. The Morgan fingerprint density at radius 2 is 2.00 bits per heavy atom. The van der Waals surface area contributed by atoms with Gasteiger partial charge in [0.25, 0.3) is 0 Å². The molecule has 1 saturated heterocycles. The van der Waals surface area contributed by atoms with E-state index in [1.807, 2.05) is 30.3 Å². The number of rotatable bonds is 4. The fourth-order valence-electron chi connectivity index (χ4n) is 2.31. The number of esters is 1. The molecule has 2 rings (SSSR count). The highest BCUT2D eigenvalue weighted by Gasteiger charge is 2.37. The van der Waals surface area contributed by atoms with Crippen LogP contribution in [0.4, 0.5) is 4.79 Å². The van der Waals surface area contributed by atoms with Gasteiger partial charge in [0, 0.05) is 0 Å². The molecule has 1 amide bonds. The summed E-state index contributed by atoms with van der Waals surface area (Å²) in [7, 11) is 0. The van der Waals surface area contributed by atoms with Crippen molar-refractivity contribution in [3.05, 3.63) is 42.3 Å². The van der Waals surface area contributed by atoms with E-state index in [-0.39, 0.29) is 38.5 Å². The number of hydrogen-bond donors (Lipinski definition) is 0. The van der Waals surface area contributed by atoms with Gasteiger partial charge in [0.1, 0.15) is 13.0 Å². The molecule has 1 aromatic rings. The van der Waals surface area contributed by atoms with Crippen molar-refractivity contribution in [3.63, 3.8) is 0 Å². The first-order chi connectivity index (χ1) is 11.1. The van der Waals surface area contributed by atoms with Gasteiger partial charge in [0.15, 0.2) is 18.2 Å². The standard InChI is InChI=1S/C17H20NO5/c1-2-22-16(20)14-9-6-10-18(11-15(14)19)17(21)23-12-13-7-4-3-5-8-13/h3-8,14H,2,9-12H2,1H3/q+1. The molecule has 1 fully saturated rings. The minimum absolute atomic E-state index is 0.145. The molecule has 1 aliphatic heterocycles. The van der Waals surface area contributed by atoms with Crippen molar-refractivity contribution in [2.45, 2.75) is 20.0 Å². The topological polar surface area (TPSA) is 72.9 Å². The summed E-state index contributed by atoms with van der Waals surface area (Å²) in [6.07, 6.45) is 1.44. The highest BCUT2D eigenvalue weighted by atomic mass is 16.6. The minimum Gasteiger partial charge on any atom is -0.465 e. The molecule has 0 aromatic heterocycles. The van der Waals surface area contributed by atoms with Crippen LogP contribution in [0, 0.1) is 12.3 Å². The van der Waals surface area contributed by atoms with Crippen LogP contribution in [0.15, 0.2) is 30.3 Å². The van der Waals surface area contributed by atoms with Crippen LogP contribution in [-0.4, -0.2) is 42.4 Å². The van der Waals surface area contributed by atoms with Crippen molar-refractivity contribution in [1.82, 2.24) is 4.90 Å². The van der Waals surface area contributed by atoms with Gasteiger partial charge in [-0.2, -0.15) is 0 Å². The van der Waals surface area contributed by atoms with Crippen molar-refractivity contribution < 1.29 is 23.9 Å². The first kappa shape index (κ1) is 16.9. The summed E-state index contributed by atoms with van der Waals surface area (Å²) in [5.41, 5.74) is 0.871. The van der Waals surface area contributed by atoms with Gasteiger partial charge in [-0.25, -0.2) is 4.79 Å². The molecule has 0 radical (unpaired) electrons. The molecule has 1 aliphatic rings. The molecule has 0 spiro atoms. The molecule has 122 valence electrons. The van der Waals surface area contributed by atoms with Crippen LogP contribution >= 0.6 is 0 Å². The first-order valence-corrected chi connectivity index (χ1v) is 7.58. The molecule has 23 heavy (non-hydrogen) atoms. The zero-order valence-electron chi connectivity index (χ0n) is 13.1. The highest BCUT2D eigenvalue weighted by molar-refractivity contribution is 6.01. The molecule has 6 heteroatoms. The molecular weight excluding hydrogens is 298 g/mol. The van der Waals surface area contributed by atoms with Crippen molar-refractivity contribution in [2.75, 3.05) is 19.7 Å². The summed E-state index contributed by atoms with van der Waals surface area (Å²) in [4.78, 5) is 37.3. The number of benzene rings is 1. The lowest BCUT2D eigenvalue weighted by atomic mass is 10.00. The van der Waals surface area contributed by atoms with Crippen LogP contribution in [-0.2, 0) is 25.7 Å². The van der Waals surface area contributed by atoms with Crippen LogP contribution in [0.1, 0.15) is 18.9 Å². The fourth-order valence-corrected chi connectivity index (χ4v) is 2.31. The largest absolute Gasteiger partial charge is 0.465 e. The summed E-state index contributed by atoms with van der Waals surface area (Å²) in [5, 5.41) is 0. The van der Waals surface area contributed by atoms with Crippen molar-refractivity contribution in [3.8, 4) is 0 Å². The Kier molecular flexibility index (Phi) is 6.02. The third kappa shape index (κ3) is 4.74. The van der Waals surface area contributed by atoms with Crippen LogP contribution in [0.25, 0.3) is 0 Å². The smallest absolute Gasteiger partial charge is 0.413 e. The van der Waals surface area contributed by atoms with Crippen LogP contribution in [0.3, 0.4) is 0 Å². The van der Waals surface area contributed by atoms with Gasteiger partial charge in [0.05, 0.1) is 19.6 Å². The van der Waals surface area contributed by atoms with Gasteiger partial charge in [0.2, 0.25) is 0 Å². The quantitative estimate of drug-likeness (QED) is 0.482. The van der Waals surface area contributed by atoms with Crippen LogP contribution in [0.2, 0.25) is 0 Å². The molecule has 0 N–H and O–H groups in total. The lowest BCUT2D eigenvalue weighted by Crippen LogP contribution is -2.37. The van der Waals surface area contributed by atoms with E-state index in [9.17, 15) is 14.4 Å². The van der Waals surface area contributed by atoms with E-state index in [2.05, 4.69) is 0 Å². The van der Waals surface area contributed by atoms with Gasteiger partial charge in [-0.15, -0.1) is 0 Å². The molecule has 0 aliphatic carbocycles. The van der Waals surface area contributed by atoms with Gasteiger partial charge >= 0.3 is 12.1 Å². The van der Waals surface area contributed by atoms with E-state index in [1.165, 1.54) is 4.90 Å². The third-order valence-electron chi connectivity index (χ3n) is 3.52. The Labute approximate surface area is 135 Å². The number of nitrogens with zero attached hydrogens (tertiary/aromatic N) is 1. The van der Waals surface area contributed by atoms with E-state index >= 15 is 0 Å². The van der Waals surface area contributed by atoms with E-state index in [4.69, 9.17) is 9.47 Å². The van der Waals surface area contributed by atoms with Crippen molar-refractivity contribution in [1.29, 1.82) is 0 Å². The summed E-state index contributed by atoms with van der Waals surface area (Å²) in [6.45, 7) is 2.19. The van der Waals surface area contributed by atoms with E-state index in [0.717, 1.165) is 5.56 Å². The number of carbonyl (C=O) groups is 3. The number of carbonyl (C=O) groups excluding carboxylic acids is 3. The number of amides is 1. The van der Waals surface area contributed by atoms with Gasteiger partial charge in [-0.05, 0) is 12.5 Å². The average Bonchev–Trinajstić information content (AvgIpc) is 2.75. The predicted molar refractivity (Wildman–Crippen MR) is 82.2 cm³/mol. The summed E-state index contributed by atoms with van der Waals surface area (Å²) >= 11 is 0. The number of Topliss-reactive ketones (excluding diaryl/α,β-unsaturated/α-hetero) is 1. The fraction of sp³-hybridized carbons (Fsp3) is 0.412. The second-order valence-corrected chi connectivity index (χ2v) is 5.22. The molecule has 0 saturated carbocycles. The number of ether oxygens (including phenoxy) is 2. The number of likely N-dealkylation sites (tertiary alicyclic amines) is 1. The minimum atomic E-state index is -0.832. The Bertz CT molecular complexity index is 557. The Morgan fingerprint density at radius 1 is 1.26 bits per heavy atom. The van der Waals surface area contributed by atoms with Crippen molar-refractivity contribution >= 4 is 17.8 Å². The second-order valence-electron chi connectivity index (χ2n) is 5.22. The lowest BCUT2D eigenvalue weighted by Gasteiger charge is -2.16. The molecule has 6 nitrogen and oxygen atoms in total. The molecule has 1 atom stereocenters. The normalized spacial score (nSPS) is 17.9. The van der Waals surface area contributed by atoms with Crippen molar-refractivity contribution in [2.24, 2.45) is 5.92 Å². The van der Waals surface area contributed by atoms with Gasteiger partial charge in [-0.1, -0.05) is 30.3 Å². The third-order valence-corrected chi connectivity index (χ3v) is 3.52. The van der Waals surface area contributed by atoms with Gasteiger partial charge in [-0.3, -0.25) is 14.5 Å². The average molecular weight is 318 g/mol. The number of hydrogen-bond acceptors (Lipinski definition) is 5. The zero-order chi connectivity index (χ0) is 16.7. The maximum atomic E-state index is 12.1. The van der Waals surface area contributed by atoms with Crippen LogP contribution in [0.5, 0.6) is 0 Å². The summed E-state index contributed by atoms with van der Waals surface area (Å²) in [6, 6.07) is 9.30. The first-order valence-electron chi connectivity index (χ1n) is 7.58. The summed E-state index contributed by atoms with van der Waals surface area (Å²) in [5.74, 6) is -1.69. The second kappa shape index (κ2) is 8.22. The Morgan fingerprint density at radius 3 is 2.70 bits per heavy atom. The lowest BCUT2D eigenvalue weighted by molar-refractivity contribution is -0.151. The maximum absolute atomic E-state index is 12.1. The van der Waals surface area contributed by atoms with E-state index in [0.29, 0.717) is 0 Å². The van der Waals surface area contributed by atoms with E-state index in [1.54, 1.807) is 13.3 Å². The van der Waals surface area contributed by atoms with E-state index < -0.39 is 18.0 Å². The zero-order valence-corrected chi connectivity index (χ0v) is 13.1.